The van der Waals surface area contributed by atoms with Gasteiger partial charge in [0.15, 0.2) is 5.82 Å². The van der Waals surface area contributed by atoms with Crippen molar-refractivity contribution in [3.63, 3.8) is 0 Å². The van der Waals surface area contributed by atoms with E-state index in [1.54, 1.807) is 6.07 Å². The van der Waals surface area contributed by atoms with E-state index in [1.807, 2.05) is 42.7 Å². The lowest BCUT2D eigenvalue weighted by atomic mass is 9.71. The summed E-state index contributed by atoms with van der Waals surface area (Å²) in [4.78, 5) is 48.2. The van der Waals surface area contributed by atoms with Crippen LogP contribution in [-0.2, 0) is 21.4 Å². The van der Waals surface area contributed by atoms with Crippen molar-refractivity contribution in [2.75, 3.05) is 6.54 Å². The molecule has 8 nitrogen and oxygen atoms in total. The molecule has 0 bridgehead atoms. The van der Waals surface area contributed by atoms with Gasteiger partial charge in [-0.25, -0.2) is 9.97 Å². The maximum absolute atomic E-state index is 13.2. The average molecular weight is 657 g/mol. The van der Waals surface area contributed by atoms with Gasteiger partial charge in [-0.15, -0.1) is 11.3 Å². The highest BCUT2D eigenvalue weighted by atomic mass is 32.1. The number of rotatable bonds is 11. The fourth-order valence-corrected chi connectivity index (χ4v) is 7.65. The summed E-state index contributed by atoms with van der Waals surface area (Å²) in [6.07, 6.45) is 15.3. The van der Waals surface area contributed by atoms with Crippen LogP contribution in [0.25, 0.3) is 17.0 Å². The minimum absolute atomic E-state index is 0.0165. The highest BCUT2D eigenvalue weighted by Gasteiger charge is 2.28. The number of carbonyl (C=O) groups excluding carboxylic acids is 2. The van der Waals surface area contributed by atoms with Crippen LogP contribution >= 0.6 is 11.3 Å². The van der Waals surface area contributed by atoms with Crippen molar-refractivity contribution >= 4 is 34.7 Å². The first kappa shape index (κ1) is 34.5. The maximum atomic E-state index is 13.2. The summed E-state index contributed by atoms with van der Waals surface area (Å²) >= 11 is 1.41. The van der Waals surface area contributed by atoms with Gasteiger partial charge < -0.3 is 15.7 Å². The molecule has 5 rings (SSSR count). The van der Waals surface area contributed by atoms with E-state index >= 15 is 0 Å². The quantitative estimate of drug-likeness (QED) is 0.197. The van der Waals surface area contributed by atoms with Gasteiger partial charge in [0, 0.05) is 41.4 Å². The van der Waals surface area contributed by atoms with Crippen molar-refractivity contribution in [3.8, 4) is 11.4 Å². The van der Waals surface area contributed by atoms with Crippen LogP contribution in [0.2, 0.25) is 0 Å². The molecule has 1 saturated carbocycles. The van der Waals surface area contributed by atoms with Gasteiger partial charge >= 0.3 is 5.97 Å². The Labute approximate surface area is 282 Å². The fraction of sp³-hybridized carbons (Fsp3) is 0.500. The minimum Gasteiger partial charge on any atom is -0.481 e. The predicted octanol–water partition coefficient (Wildman–Crippen LogP) is 7.44. The van der Waals surface area contributed by atoms with Crippen molar-refractivity contribution in [2.45, 2.75) is 96.9 Å². The topological polar surface area (TPSA) is 121 Å². The summed E-state index contributed by atoms with van der Waals surface area (Å²) in [6.45, 7) is 8.63. The molecule has 2 heterocycles. The number of nitrogens with zero attached hydrogens (tertiary/aromatic N) is 2. The molecule has 1 unspecified atom stereocenters. The summed E-state index contributed by atoms with van der Waals surface area (Å²) in [7, 11) is 0. The molecule has 9 heteroatoms. The molecule has 2 aromatic heterocycles. The molecule has 0 saturated heterocycles. The Morgan fingerprint density at radius 1 is 0.936 bits per heavy atom. The van der Waals surface area contributed by atoms with E-state index in [4.69, 9.17) is 5.11 Å². The maximum Gasteiger partial charge on any atom is 0.305 e. The second-order valence-electron chi connectivity index (χ2n) is 14.4. The molecule has 2 amide bonds. The molecule has 2 aliphatic carbocycles. The van der Waals surface area contributed by atoms with E-state index in [9.17, 15) is 14.4 Å². The van der Waals surface area contributed by atoms with Crippen molar-refractivity contribution in [1.82, 2.24) is 20.6 Å². The summed E-state index contributed by atoms with van der Waals surface area (Å²) in [5.74, 6) is 1.46. The third-order valence-corrected chi connectivity index (χ3v) is 11.2. The second-order valence-corrected chi connectivity index (χ2v) is 15.4. The zero-order chi connectivity index (χ0) is 33.6. The number of benzene rings is 1. The highest BCUT2D eigenvalue weighted by molar-refractivity contribution is 7.14. The molecule has 2 atom stereocenters. The molecule has 0 spiro atoms. The number of amides is 2. The number of hydrogen-bond donors (Lipinski definition) is 3. The number of carbonyl (C=O) groups is 3. The number of aliphatic carboxylic acids is 1. The van der Waals surface area contributed by atoms with E-state index in [-0.39, 0.29) is 30.7 Å². The highest BCUT2D eigenvalue weighted by Crippen LogP contribution is 2.41. The van der Waals surface area contributed by atoms with E-state index in [0.29, 0.717) is 10.7 Å². The first-order chi connectivity index (χ1) is 22.5. The number of aromatic nitrogens is 2. The van der Waals surface area contributed by atoms with E-state index < -0.39 is 17.9 Å². The lowest BCUT2D eigenvalue weighted by molar-refractivity contribution is -0.137. The Morgan fingerprint density at radius 3 is 2.23 bits per heavy atom. The molecule has 1 aromatic carbocycles. The summed E-state index contributed by atoms with van der Waals surface area (Å²) in [6, 6.07) is 10.5. The molecule has 3 aromatic rings. The molecule has 0 aliphatic heterocycles. The third kappa shape index (κ3) is 9.37. The van der Waals surface area contributed by atoms with Crippen molar-refractivity contribution < 1.29 is 19.5 Å². The normalized spacial score (nSPS) is 20.6. The van der Waals surface area contributed by atoms with Gasteiger partial charge in [-0.05, 0) is 78.5 Å². The lowest BCUT2D eigenvalue weighted by Gasteiger charge is -2.34. The van der Waals surface area contributed by atoms with Crippen molar-refractivity contribution in [2.24, 2.45) is 17.8 Å². The zero-order valence-electron chi connectivity index (χ0n) is 28.1. The number of hydrogen-bond acceptors (Lipinski definition) is 6. The van der Waals surface area contributed by atoms with Gasteiger partial charge in [-0.2, -0.15) is 0 Å². The summed E-state index contributed by atoms with van der Waals surface area (Å²) < 4.78 is 0. The van der Waals surface area contributed by atoms with Gasteiger partial charge in [0.05, 0.1) is 11.3 Å². The van der Waals surface area contributed by atoms with Crippen LogP contribution in [0.15, 0.2) is 54.9 Å². The minimum atomic E-state index is -1.00. The van der Waals surface area contributed by atoms with Gasteiger partial charge in [0.25, 0.3) is 5.91 Å². The Bertz CT molecular complexity index is 1560. The Morgan fingerprint density at radius 2 is 1.64 bits per heavy atom. The van der Waals surface area contributed by atoms with Crippen LogP contribution in [0.5, 0.6) is 0 Å². The Balaban J connectivity index is 1.22. The van der Waals surface area contributed by atoms with Crippen LogP contribution in [0.3, 0.4) is 0 Å². The standard InChI is InChI=1S/C38H48N4O4S/c1-24-5-9-26(10-6-24)27-13-15-28(16-14-27)30-22-40-35(41-23-30)29-11-7-25(8-12-29)21-31(36(45)39-20-19-34(43)44)42-37(46)32-17-18-33(47-32)38(2,3)4/h7-8,11-12,15,17-18,22-24,26-27,31H,5-6,9-10,13-14,16,19-21H2,1-4H3,(H,39,45)(H,42,46)(H,43,44)/t24-,26-,27?,31-/m0/s1. The number of allylic oxidation sites excluding steroid dienone is 2. The second kappa shape index (κ2) is 15.4. The van der Waals surface area contributed by atoms with E-state index in [2.05, 4.69) is 54.4 Å². The van der Waals surface area contributed by atoms with E-state index in [0.717, 1.165) is 52.2 Å². The zero-order valence-corrected chi connectivity index (χ0v) is 28.9. The van der Waals surface area contributed by atoms with Crippen LogP contribution in [0.1, 0.15) is 105 Å². The molecule has 2 aliphatic rings. The third-order valence-electron chi connectivity index (χ3n) is 9.68. The van der Waals surface area contributed by atoms with Crippen LogP contribution in [-0.4, -0.2) is 45.4 Å². The molecule has 1 fully saturated rings. The van der Waals surface area contributed by atoms with Gasteiger partial charge in [-0.3, -0.25) is 14.4 Å². The number of nitrogens with one attached hydrogen (secondary N) is 2. The Hall–Kier alpha value is -3.85. The summed E-state index contributed by atoms with van der Waals surface area (Å²) in [5.41, 5.74) is 4.06. The molecular formula is C38H48N4O4S. The molecule has 3 N–H and O–H groups in total. The number of thiophene rings is 1. The van der Waals surface area contributed by atoms with Crippen LogP contribution < -0.4 is 10.6 Å². The van der Waals surface area contributed by atoms with Gasteiger partial charge in [0.2, 0.25) is 5.91 Å². The van der Waals surface area contributed by atoms with Crippen molar-refractivity contribution in [3.05, 3.63) is 75.7 Å². The molecule has 250 valence electrons. The lowest BCUT2D eigenvalue weighted by Crippen LogP contribution is -2.48. The average Bonchev–Trinajstić information content (AvgIpc) is 3.57. The largest absolute Gasteiger partial charge is 0.481 e. The first-order valence-corrected chi connectivity index (χ1v) is 17.8. The van der Waals surface area contributed by atoms with Crippen molar-refractivity contribution in [1.29, 1.82) is 0 Å². The SMILES string of the molecule is CC(C)(C)c1ccc(C(=O)N[C@@H](Cc2ccc(-c3ncc(C4=CCC([C@H]5CC[C@H](C)CC5)CC4)cn3)cc2)C(=O)NCCC(=O)O)s1. The summed E-state index contributed by atoms with van der Waals surface area (Å²) in [5, 5.41) is 14.5. The van der Waals surface area contributed by atoms with Crippen LogP contribution in [0, 0.1) is 17.8 Å². The van der Waals surface area contributed by atoms with E-state index in [1.165, 1.54) is 49.0 Å². The fourth-order valence-electron chi connectivity index (χ4n) is 6.69. The monoisotopic (exact) mass is 656 g/mol. The predicted molar refractivity (Wildman–Crippen MR) is 187 cm³/mol. The first-order valence-electron chi connectivity index (χ1n) is 17.0. The van der Waals surface area contributed by atoms with Gasteiger partial charge in [0.1, 0.15) is 6.04 Å². The Kier molecular flexibility index (Phi) is 11.3. The van der Waals surface area contributed by atoms with Crippen LogP contribution in [0.4, 0.5) is 0 Å². The molecule has 0 radical (unpaired) electrons. The molecule has 47 heavy (non-hydrogen) atoms. The number of carboxylic acids is 1. The molecular weight excluding hydrogens is 609 g/mol. The number of carboxylic acid groups (broad SMARTS) is 1. The smallest absolute Gasteiger partial charge is 0.305 e. The van der Waals surface area contributed by atoms with Gasteiger partial charge in [-0.1, -0.05) is 70.9 Å².